The van der Waals surface area contributed by atoms with Crippen molar-refractivity contribution in [2.45, 2.75) is 45.6 Å². The fraction of sp³-hybridized carbons (Fsp3) is 0.438. The van der Waals surface area contributed by atoms with Gasteiger partial charge in [-0.3, -0.25) is 0 Å². The monoisotopic (exact) mass is 295 g/mol. The highest BCUT2D eigenvalue weighted by Gasteiger charge is 2.33. The first kappa shape index (κ1) is 15.5. The Morgan fingerprint density at radius 3 is 2.62 bits per heavy atom. The van der Waals surface area contributed by atoms with Crippen LogP contribution in [-0.4, -0.2) is 11.3 Å². The van der Waals surface area contributed by atoms with E-state index in [1.54, 1.807) is 13.0 Å². The fourth-order valence-corrected chi connectivity index (χ4v) is 2.20. The number of hydrogen-bond acceptors (Lipinski definition) is 3. The largest absolute Gasteiger partial charge is 0.432 e. The molecule has 1 aromatic heterocycles. The van der Waals surface area contributed by atoms with Gasteiger partial charge in [0.25, 0.3) is 0 Å². The van der Waals surface area contributed by atoms with Crippen molar-refractivity contribution < 1.29 is 18.0 Å². The number of halogens is 2. The van der Waals surface area contributed by atoms with Crippen LogP contribution in [0.25, 0.3) is 5.57 Å². The molecule has 1 aromatic rings. The number of aromatic nitrogens is 1. The molecule has 0 amide bonds. The number of rotatable bonds is 6. The minimum atomic E-state index is -3.28. The number of hydrogen-bond donors (Lipinski definition) is 0. The lowest BCUT2D eigenvalue weighted by molar-refractivity contribution is -0.194. The van der Waals surface area contributed by atoms with Crippen LogP contribution in [0.5, 0.6) is 0 Å². The molecule has 21 heavy (non-hydrogen) atoms. The van der Waals surface area contributed by atoms with Gasteiger partial charge in [-0.25, -0.2) is 0 Å². The highest BCUT2D eigenvalue weighted by atomic mass is 19.3. The van der Waals surface area contributed by atoms with Gasteiger partial charge in [-0.2, -0.15) is 8.78 Å². The molecule has 0 aliphatic heterocycles. The van der Waals surface area contributed by atoms with Crippen LogP contribution >= 0.6 is 0 Å². The molecule has 0 unspecified atom stereocenters. The van der Waals surface area contributed by atoms with Crippen molar-refractivity contribution in [1.29, 1.82) is 0 Å². The van der Waals surface area contributed by atoms with Crippen LogP contribution in [0.4, 0.5) is 8.78 Å². The predicted octanol–water partition coefficient (Wildman–Crippen LogP) is 4.96. The molecule has 0 spiro atoms. The normalized spacial score (nSPS) is 17.0. The van der Waals surface area contributed by atoms with Gasteiger partial charge in [0.05, 0.1) is 0 Å². The van der Waals surface area contributed by atoms with Gasteiger partial charge in [0.2, 0.25) is 0 Å². The second-order valence-electron chi connectivity index (χ2n) is 5.17. The molecule has 0 saturated heterocycles. The first-order valence-corrected chi connectivity index (χ1v) is 6.90. The minimum absolute atomic E-state index is 0.0266. The molecule has 3 nitrogen and oxygen atoms in total. The van der Waals surface area contributed by atoms with Crippen molar-refractivity contribution in [2.75, 3.05) is 0 Å². The molecule has 0 bridgehead atoms. The average molecular weight is 295 g/mol. The molecule has 1 aliphatic rings. The lowest BCUT2D eigenvalue weighted by Crippen LogP contribution is -2.15. The lowest BCUT2D eigenvalue weighted by Gasteiger charge is -2.17. The highest BCUT2D eigenvalue weighted by molar-refractivity contribution is 5.77. The molecule has 1 fully saturated rings. The molecular weight excluding hydrogens is 276 g/mol. The SMILES string of the molecule is C=C/C=C(OC(C)(F)F)\C(=C/C)c1noc(C2CC2)c1C. The number of nitrogens with zero attached hydrogens (tertiary/aromatic N) is 1. The summed E-state index contributed by atoms with van der Waals surface area (Å²) in [6.45, 7) is 7.86. The zero-order chi connectivity index (χ0) is 15.6. The molecule has 2 rings (SSSR count). The van der Waals surface area contributed by atoms with Crippen LogP contribution < -0.4 is 0 Å². The summed E-state index contributed by atoms with van der Waals surface area (Å²) in [4.78, 5) is 0. The van der Waals surface area contributed by atoms with Crippen molar-refractivity contribution in [2.24, 2.45) is 0 Å². The summed E-state index contributed by atoms with van der Waals surface area (Å²) in [7, 11) is 0. The molecule has 114 valence electrons. The van der Waals surface area contributed by atoms with Crippen LogP contribution in [0.15, 0.2) is 35.1 Å². The second kappa shape index (κ2) is 5.84. The summed E-state index contributed by atoms with van der Waals surface area (Å²) in [6, 6.07) is 0. The molecule has 0 N–H and O–H groups in total. The standard InChI is InChI=1S/C16H19F2NO2/c1-5-7-13(20-16(4,17)18)12(6-2)14-10(3)15(21-19-14)11-8-9-11/h5-7,11H,1,8-9H2,2-4H3/b12-6+,13-7+. The molecule has 0 atom stereocenters. The Bertz CT molecular complexity index is 590. The van der Waals surface area contributed by atoms with Crippen LogP contribution in [0.1, 0.15) is 49.6 Å². The summed E-state index contributed by atoms with van der Waals surface area (Å²) < 4.78 is 36.5. The third kappa shape index (κ3) is 3.60. The maximum Gasteiger partial charge on any atom is 0.394 e. The van der Waals surface area contributed by atoms with Crippen molar-refractivity contribution in [3.63, 3.8) is 0 Å². The van der Waals surface area contributed by atoms with Gasteiger partial charge in [-0.1, -0.05) is 23.9 Å². The van der Waals surface area contributed by atoms with E-state index in [2.05, 4.69) is 11.7 Å². The molecule has 0 aromatic carbocycles. The Morgan fingerprint density at radius 2 is 2.14 bits per heavy atom. The third-order valence-electron chi connectivity index (χ3n) is 3.28. The third-order valence-corrected chi connectivity index (χ3v) is 3.28. The number of alkyl halides is 2. The summed E-state index contributed by atoms with van der Waals surface area (Å²) in [5.41, 5.74) is 1.89. The minimum Gasteiger partial charge on any atom is -0.432 e. The van der Waals surface area contributed by atoms with Gasteiger partial charge in [0, 0.05) is 24.0 Å². The van der Waals surface area contributed by atoms with Crippen LogP contribution in [0, 0.1) is 6.92 Å². The smallest absolute Gasteiger partial charge is 0.394 e. The van der Waals surface area contributed by atoms with Crippen molar-refractivity contribution in [3.05, 3.63) is 47.6 Å². The molecule has 1 aliphatic carbocycles. The van der Waals surface area contributed by atoms with Gasteiger partial charge in [0.1, 0.15) is 17.2 Å². The van der Waals surface area contributed by atoms with Gasteiger partial charge < -0.3 is 9.26 Å². The van der Waals surface area contributed by atoms with E-state index in [-0.39, 0.29) is 5.76 Å². The zero-order valence-corrected chi connectivity index (χ0v) is 12.5. The van der Waals surface area contributed by atoms with E-state index in [0.29, 0.717) is 24.1 Å². The van der Waals surface area contributed by atoms with E-state index in [4.69, 9.17) is 9.26 Å². The Morgan fingerprint density at radius 1 is 1.48 bits per heavy atom. The maximum absolute atomic E-state index is 13.2. The zero-order valence-electron chi connectivity index (χ0n) is 12.5. The van der Waals surface area contributed by atoms with Gasteiger partial charge in [-0.15, -0.1) is 0 Å². The van der Waals surface area contributed by atoms with Crippen LogP contribution in [0.3, 0.4) is 0 Å². The lowest BCUT2D eigenvalue weighted by atomic mass is 10.0. The summed E-state index contributed by atoms with van der Waals surface area (Å²) >= 11 is 0. The predicted molar refractivity (Wildman–Crippen MR) is 76.9 cm³/mol. The second-order valence-corrected chi connectivity index (χ2v) is 5.17. The molecule has 1 heterocycles. The van der Waals surface area contributed by atoms with Gasteiger partial charge >= 0.3 is 6.11 Å². The van der Waals surface area contributed by atoms with E-state index in [9.17, 15) is 8.78 Å². The number of allylic oxidation sites excluding steroid dienone is 4. The van der Waals surface area contributed by atoms with Crippen molar-refractivity contribution >= 4 is 5.57 Å². The van der Waals surface area contributed by atoms with Gasteiger partial charge in [0.15, 0.2) is 0 Å². The van der Waals surface area contributed by atoms with E-state index < -0.39 is 6.11 Å². The Hall–Kier alpha value is -1.91. The summed E-state index contributed by atoms with van der Waals surface area (Å²) in [5.74, 6) is 1.27. The summed E-state index contributed by atoms with van der Waals surface area (Å²) in [5, 5.41) is 4.04. The quantitative estimate of drug-likeness (QED) is 0.549. The molecule has 0 radical (unpaired) electrons. The molecule has 5 heteroatoms. The van der Waals surface area contributed by atoms with E-state index >= 15 is 0 Å². The van der Waals surface area contributed by atoms with Crippen molar-refractivity contribution in [3.8, 4) is 0 Å². The van der Waals surface area contributed by atoms with E-state index in [1.807, 2.05) is 6.92 Å². The molecular formula is C16H19F2NO2. The van der Waals surface area contributed by atoms with Gasteiger partial charge in [-0.05, 0) is 32.8 Å². The Labute approximate surface area is 123 Å². The highest BCUT2D eigenvalue weighted by Crippen LogP contribution is 2.43. The first-order chi connectivity index (χ1) is 9.87. The Balaban J connectivity index is 2.37. The average Bonchev–Trinajstić information content (AvgIpc) is 3.15. The van der Waals surface area contributed by atoms with E-state index in [1.165, 1.54) is 12.2 Å². The maximum atomic E-state index is 13.2. The van der Waals surface area contributed by atoms with Crippen molar-refractivity contribution in [1.82, 2.24) is 5.16 Å². The Kier molecular flexibility index (Phi) is 4.30. The first-order valence-electron chi connectivity index (χ1n) is 6.90. The fourth-order valence-electron chi connectivity index (χ4n) is 2.20. The van der Waals surface area contributed by atoms with Crippen LogP contribution in [-0.2, 0) is 4.74 Å². The van der Waals surface area contributed by atoms with Crippen LogP contribution in [0.2, 0.25) is 0 Å². The number of ether oxygens (including phenoxy) is 1. The van der Waals surface area contributed by atoms with E-state index in [0.717, 1.165) is 24.2 Å². The molecule has 1 saturated carbocycles. The topological polar surface area (TPSA) is 35.3 Å². The summed E-state index contributed by atoms with van der Waals surface area (Å²) in [6.07, 6.45) is 3.38.